The highest BCUT2D eigenvalue weighted by Crippen LogP contribution is 2.50. The topological polar surface area (TPSA) is 0 Å². The first-order valence-electron chi connectivity index (χ1n) is 8.91. The lowest BCUT2D eigenvalue weighted by molar-refractivity contribution is 0.430. The summed E-state index contributed by atoms with van der Waals surface area (Å²) < 4.78 is 0. The van der Waals surface area contributed by atoms with E-state index in [1.165, 1.54) is 28.3 Å². The molecule has 0 saturated heterocycles. The van der Waals surface area contributed by atoms with Gasteiger partial charge < -0.3 is 0 Å². The number of hydrogen-bond acceptors (Lipinski definition) is 0. The minimum Gasteiger partial charge on any atom is -0.0805 e. The first-order valence-corrected chi connectivity index (χ1v) is 8.91. The van der Waals surface area contributed by atoms with Crippen LogP contribution >= 0.6 is 0 Å². The van der Waals surface area contributed by atoms with Gasteiger partial charge in [0.25, 0.3) is 0 Å². The van der Waals surface area contributed by atoms with Gasteiger partial charge in [-0.15, -0.1) is 0 Å². The molecule has 1 fully saturated rings. The van der Waals surface area contributed by atoms with Crippen LogP contribution in [0.15, 0.2) is 60.7 Å². The molecule has 2 aliphatic rings. The predicted molar refractivity (Wildman–Crippen MR) is 98.4 cm³/mol. The van der Waals surface area contributed by atoms with Crippen molar-refractivity contribution < 1.29 is 0 Å². The van der Waals surface area contributed by atoms with E-state index in [0.29, 0.717) is 23.7 Å². The molecule has 1 saturated carbocycles. The Bertz CT molecular complexity index is 765. The van der Waals surface area contributed by atoms with Crippen LogP contribution in [0.25, 0.3) is 10.8 Å². The fraction of sp³-hybridized carbons (Fsp3) is 0.348. The first-order chi connectivity index (χ1) is 11.3. The highest BCUT2D eigenvalue weighted by Gasteiger charge is 2.41. The van der Waals surface area contributed by atoms with Crippen LogP contribution in [0, 0.1) is 24.2 Å². The van der Waals surface area contributed by atoms with Crippen LogP contribution in [0.4, 0.5) is 0 Å². The molecule has 0 heteroatoms. The maximum atomic E-state index is 3.91. The Kier molecular flexibility index (Phi) is 3.85. The van der Waals surface area contributed by atoms with Crippen LogP contribution in [0.2, 0.25) is 0 Å². The van der Waals surface area contributed by atoms with Crippen LogP contribution in [-0.2, 0) is 6.42 Å². The van der Waals surface area contributed by atoms with Crippen molar-refractivity contribution in [3.63, 3.8) is 0 Å². The van der Waals surface area contributed by atoms with Gasteiger partial charge in [-0.1, -0.05) is 81.0 Å². The fourth-order valence-corrected chi connectivity index (χ4v) is 4.42. The number of benzene rings is 2. The lowest BCUT2D eigenvalue weighted by Gasteiger charge is -2.24. The molecule has 2 aliphatic carbocycles. The smallest absolute Gasteiger partial charge is 0.000856 e. The predicted octanol–water partition coefficient (Wildman–Crippen LogP) is 5.97. The molecule has 0 N–H and O–H groups in total. The van der Waals surface area contributed by atoms with Gasteiger partial charge in [-0.3, -0.25) is 0 Å². The van der Waals surface area contributed by atoms with Gasteiger partial charge in [0.05, 0.1) is 0 Å². The summed E-state index contributed by atoms with van der Waals surface area (Å²) in [5, 5.41) is 2.78. The third-order valence-electron chi connectivity index (χ3n) is 5.57. The molecule has 0 aromatic heterocycles. The Labute approximate surface area is 139 Å². The second-order valence-electron chi connectivity index (χ2n) is 6.99. The number of hydrogen-bond donors (Lipinski definition) is 0. The number of rotatable bonds is 3. The SMILES string of the molecule is CCCc1ccc2ccccc2c1C1[C]C2C=CC=CC2C1C. The minimum atomic E-state index is 0.435. The van der Waals surface area contributed by atoms with Gasteiger partial charge >= 0.3 is 0 Å². The van der Waals surface area contributed by atoms with E-state index in [1.807, 2.05) is 0 Å². The summed E-state index contributed by atoms with van der Waals surface area (Å²) in [6, 6.07) is 13.5. The largest absolute Gasteiger partial charge is 0.0805 e. The minimum absolute atomic E-state index is 0.435. The summed E-state index contributed by atoms with van der Waals surface area (Å²) >= 11 is 0. The summed E-state index contributed by atoms with van der Waals surface area (Å²) in [5.74, 6) is 2.14. The normalized spacial score (nSPS) is 29.1. The van der Waals surface area contributed by atoms with Gasteiger partial charge in [-0.25, -0.2) is 0 Å². The van der Waals surface area contributed by atoms with E-state index >= 15 is 0 Å². The molecule has 23 heavy (non-hydrogen) atoms. The van der Waals surface area contributed by atoms with Gasteiger partial charge in [0, 0.05) is 0 Å². The average molecular weight is 300 g/mol. The van der Waals surface area contributed by atoms with Crippen molar-refractivity contribution in [3.05, 3.63) is 78.3 Å². The van der Waals surface area contributed by atoms with Crippen LogP contribution in [-0.4, -0.2) is 0 Å². The van der Waals surface area contributed by atoms with E-state index in [2.05, 4.69) is 81.0 Å². The van der Waals surface area contributed by atoms with Gasteiger partial charge in [0.15, 0.2) is 0 Å². The van der Waals surface area contributed by atoms with Crippen molar-refractivity contribution in [3.8, 4) is 0 Å². The summed E-state index contributed by atoms with van der Waals surface area (Å²) in [4.78, 5) is 0. The molecule has 4 atom stereocenters. The third kappa shape index (κ3) is 2.45. The van der Waals surface area contributed by atoms with Crippen LogP contribution < -0.4 is 0 Å². The molecule has 0 spiro atoms. The van der Waals surface area contributed by atoms with Crippen molar-refractivity contribution in [1.29, 1.82) is 0 Å². The quantitative estimate of drug-likeness (QED) is 0.655. The van der Waals surface area contributed by atoms with Crippen molar-refractivity contribution >= 4 is 10.8 Å². The van der Waals surface area contributed by atoms with Gasteiger partial charge in [0.2, 0.25) is 0 Å². The average Bonchev–Trinajstić information content (AvgIpc) is 2.92. The van der Waals surface area contributed by atoms with Crippen molar-refractivity contribution in [2.24, 2.45) is 17.8 Å². The highest BCUT2D eigenvalue weighted by molar-refractivity contribution is 5.87. The van der Waals surface area contributed by atoms with Gasteiger partial charge in [-0.05, 0) is 58.4 Å². The number of allylic oxidation sites excluding steroid dienone is 4. The number of aryl methyl sites for hydroxylation is 1. The first kappa shape index (κ1) is 14.8. The molecular formula is C23H24. The second kappa shape index (κ2) is 6.00. The van der Waals surface area contributed by atoms with Crippen LogP contribution in [0.1, 0.15) is 37.3 Å². The van der Waals surface area contributed by atoms with Crippen molar-refractivity contribution in [2.45, 2.75) is 32.6 Å². The van der Waals surface area contributed by atoms with E-state index in [9.17, 15) is 0 Å². The fourth-order valence-electron chi connectivity index (χ4n) is 4.42. The maximum Gasteiger partial charge on any atom is -0.000856 e. The third-order valence-corrected chi connectivity index (χ3v) is 5.57. The zero-order valence-electron chi connectivity index (χ0n) is 14.0. The summed E-state index contributed by atoms with van der Waals surface area (Å²) in [6.45, 7) is 4.68. The van der Waals surface area contributed by atoms with Gasteiger partial charge in [0.1, 0.15) is 0 Å². The molecule has 116 valence electrons. The van der Waals surface area contributed by atoms with E-state index in [0.717, 1.165) is 6.42 Å². The molecule has 2 aromatic rings. The van der Waals surface area contributed by atoms with Crippen molar-refractivity contribution in [1.82, 2.24) is 0 Å². The highest BCUT2D eigenvalue weighted by atomic mass is 14.4. The summed E-state index contributed by atoms with van der Waals surface area (Å²) in [6.07, 6.45) is 15.4. The maximum absolute atomic E-state index is 3.91. The Morgan fingerprint density at radius 3 is 2.65 bits per heavy atom. The molecule has 0 aliphatic heterocycles. The molecule has 4 unspecified atom stereocenters. The van der Waals surface area contributed by atoms with Gasteiger partial charge in [-0.2, -0.15) is 0 Å². The Hall–Kier alpha value is -1.82. The molecule has 2 aromatic carbocycles. The van der Waals surface area contributed by atoms with E-state index in [1.54, 1.807) is 0 Å². The molecule has 2 radical (unpaired) electrons. The lowest BCUT2D eigenvalue weighted by Crippen LogP contribution is -2.13. The molecule has 0 bridgehead atoms. The Balaban J connectivity index is 1.85. The summed E-state index contributed by atoms with van der Waals surface area (Å²) in [5.41, 5.74) is 3.05. The zero-order chi connectivity index (χ0) is 15.8. The lowest BCUT2D eigenvalue weighted by atomic mass is 9.80. The Morgan fingerprint density at radius 1 is 1.00 bits per heavy atom. The molecule has 0 heterocycles. The molecule has 4 rings (SSSR count). The van der Waals surface area contributed by atoms with E-state index < -0.39 is 0 Å². The summed E-state index contributed by atoms with van der Waals surface area (Å²) in [7, 11) is 0. The molecule has 0 nitrogen and oxygen atoms in total. The van der Waals surface area contributed by atoms with E-state index in [4.69, 9.17) is 0 Å². The van der Waals surface area contributed by atoms with E-state index in [-0.39, 0.29) is 0 Å². The molecule has 0 amide bonds. The number of fused-ring (bicyclic) bond motifs is 2. The van der Waals surface area contributed by atoms with Crippen LogP contribution in [0.5, 0.6) is 0 Å². The molecular weight excluding hydrogens is 276 g/mol. The zero-order valence-corrected chi connectivity index (χ0v) is 14.0. The van der Waals surface area contributed by atoms with Crippen LogP contribution in [0.3, 0.4) is 0 Å². The standard InChI is InChI=1S/C23H24/c1-3-8-18-14-13-17-9-4-7-12-21(17)23(18)22-15-19-10-5-6-11-20(19)16(22)2/h4-7,9-14,16,19-20,22H,3,8H2,1-2H3. The Morgan fingerprint density at radius 2 is 1.83 bits per heavy atom. The van der Waals surface area contributed by atoms with Crippen molar-refractivity contribution in [2.75, 3.05) is 0 Å². The second-order valence-corrected chi connectivity index (χ2v) is 6.99. The monoisotopic (exact) mass is 300 g/mol.